The van der Waals surface area contributed by atoms with Gasteiger partial charge in [-0.2, -0.15) is 0 Å². The smallest absolute Gasteiger partial charge is 0.252 e. The van der Waals surface area contributed by atoms with E-state index in [2.05, 4.69) is 230 Å². The van der Waals surface area contributed by atoms with Gasteiger partial charge in [-0.1, -0.05) is 195 Å². The van der Waals surface area contributed by atoms with Crippen molar-refractivity contribution in [1.29, 1.82) is 0 Å². The first kappa shape index (κ1) is 34.6. The lowest BCUT2D eigenvalue weighted by atomic mass is 9.26. The van der Waals surface area contributed by atoms with Gasteiger partial charge in [-0.05, 0) is 96.6 Å². The average molecular weight is 775 g/mol. The topological polar surface area (TPSA) is 6.48 Å². The average Bonchev–Trinajstić information content (AvgIpc) is 3.32. The van der Waals surface area contributed by atoms with E-state index >= 15 is 0 Å². The van der Waals surface area contributed by atoms with Crippen LogP contribution in [0.1, 0.15) is 25.0 Å². The maximum atomic E-state index is 2.66. The molecule has 0 fully saturated rings. The van der Waals surface area contributed by atoms with Gasteiger partial charge in [0, 0.05) is 39.4 Å². The van der Waals surface area contributed by atoms with E-state index in [1.807, 2.05) is 0 Å². The predicted molar refractivity (Wildman–Crippen MR) is 260 cm³/mol. The molecule has 0 saturated carbocycles. The lowest BCUT2D eigenvalue weighted by Gasteiger charge is -2.52. The molecule has 4 aliphatic rings. The van der Waals surface area contributed by atoms with Crippen molar-refractivity contribution < 1.29 is 0 Å². The molecule has 0 aromatic heterocycles. The molecular formula is C57H40B2N2. The summed E-state index contributed by atoms with van der Waals surface area (Å²) >= 11 is 0. The number of fused-ring (bicyclic) bond motifs is 10. The lowest BCUT2D eigenvalue weighted by Crippen LogP contribution is -2.70. The molecule has 284 valence electrons. The van der Waals surface area contributed by atoms with Crippen LogP contribution in [0.2, 0.25) is 0 Å². The zero-order valence-electron chi connectivity index (χ0n) is 34.2. The minimum Gasteiger partial charge on any atom is -0.312 e. The summed E-state index contributed by atoms with van der Waals surface area (Å²) in [5, 5.41) is 0. The standard InChI is InChI=1S/C57H40B2N2/c1-57(2)43-25-13-14-26-45(43)58-47-34-40(37-18-6-3-7-19-37)30-32-51(47)61-52-33-31-41(38-20-8-4-9-21-38)35-48(52)59-46-27-15-17-29-50(46)60(53-36-44(57)54(58)56(61)55(53)59)49-28-16-12-24-42(49)39-22-10-5-11-23-39/h3-36H,1-2H3. The number of nitrogens with zero attached hydrogens (tertiary/aromatic N) is 2. The Morgan fingerprint density at radius 2 is 0.820 bits per heavy atom. The fourth-order valence-corrected chi connectivity index (χ4v) is 11.5. The Hall–Kier alpha value is -7.29. The van der Waals surface area contributed by atoms with Crippen molar-refractivity contribution in [2.75, 3.05) is 9.80 Å². The van der Waals surface area contributed by atoms with Crippen LogP contribution < -0.4 is 42.6 Å². The molecule has 13 rings (SSSR count). The third kappa shape index (κ3) is 4.82. The molecule has 4 heterocycles. The van der Waals surface area contributed by atoms with Gasteiger partial charge in [0.25, 0.3) is 6.71 Å². The van der Waals surface area contributed by atoms with Crippen LogP contribution in [0.25, 0.3) is 33.4 Å². The number of para-hydroxylation sites is 2. The molecule has 0 spiro atoms. The van der Waals surface area contributed by atoms with Crippen molar-refractivity contribution >= 4 is 80.3 Å². The molecule has 0 atom stereocenters. The Morgan fingerprint density at radius 3 is 1.46 bits per heavy atom. The number of hydrogen-bond acceptors (Lipinski definition) is 2. The Labute approximate surface area is 358 Å². The zero-order valence-corrected chi connectivity index (χ0v) is 34.2. The second-order valence-corrected chi connectivity index (χ2v) is 17.6. The highest BCUT2D eigenvalue weighted by molar-refractivity contribution is 7.04. The van der Waals surface area contributed by atoms with Crippen molar-refractivity contribution in [3.8, 4) is 33.4 Å². The molecule has 0 N–H and O–H groups in total. The highest BCUT2D eigenvalue weighted by Crippen LogP contribution is 2.50. The molecule has 0 radical (unpaired) electrons. The van der Waals surface area contributed by atoms with Crippen LogP contribution in [0.4, 0.5) is 34.1 Å². The predicted octanol–water partition coefficient (Wildman–Crippen LogP) is 10.2. The van der Waals surface area contributed by atoms with Gasteiger partial charge in [0.2, 0.25) is 6.71 Å². The van der Waals surface area contributed by atoms with Crippen LogP contribution in [0.3, 0.4) is 0 Å². The minimum absolute atomic E-state index is 0.0209. The van der Waals surface area contributed by atoms with Gasteiger partial charge < -0.3 is 9.80 Å². The number of hydrogen-bond donors (Lipinski definition) is 0. The summed E-state index contributed by atoms with van der Waals surface area (Å²) in [5.41, 5.74) is 25.7. The number of rotatable bonds is 4. The molecule has 0 saturated heterocycles. The van der Waals surface area contributed by atoms with E-state index < -0.39 is 0 Å². The quantitative estimate of drug-likeness (QED) is 0.164. The summed E-state index contributed by atoms with van der Waals surface area (Å²) in [4.78, 5) is 5.27. The fourth-order valence-electron chi connectivity index (χ4n) is 11.5. The molecule has 0 amide bonds. The lowest BCUT2D eigenvalue weighted by molar-refractivity contribution is 0.646. The molecule has 9 aromatic rings. The first-order chi connectivity index (χ1) is 30.1. The van der Waals surface area contributed by atoms with Crippen LogP contribution in [-0.2, 0) is 5.41 Å². The molecule has 0 bridgehead atoms. The normalized spacial score (nSPS) is 14.4. The van der Waals surface area contributed by atoms with Crippen molar-refractivity contribution in [3.63, 3.8) is 0 Å². The van der Waals surface area contributed by atoms with Crippen molar-refractivity contribution in [2.45, 2.75) is 19.3 Å². The van der Waals surface area contributed by atoms with Gasteiger partial charge in [-0.3, -0.25) is 0 Å². The molecule has 9 aromatic carbocycles. The molecule has 0 unspecified atom stereocenters. The maximum absolute atomic E-state index is 2.66. The van der Waals surface area contributed by atoms with Crippen LogP contribution in [0, 0.1) is 0 Å². The number of anilines is 6. The van der Waals surface area contributed by atoms with Crippen molar-refractivity contribution in [2.24, 2.45) is 0 Å². The van der Waals surface area contributed by atoms with E-state index in [4.69, 9.17) is 0 Å². The summed E-state index contributed by atoms with van der Waals surface area (Å²) in [6, 6.07) is 77.3. The van der Waals surface area contributed by atoms with Crippen LogP contribution in [-0.4, -0.2) is 13.4 Å². The van der Waals surface area contributed by atoms with E-state index in [9.17, 15) is 0 Å². The summed E-state index contributed by atoms with van der Waals surface area (Å²) in [5.74, 6) is 0. The highest BCUT2D eigenvalue weighted by Gasteiger charge is 2.53. The van der Waals surface area contributed by atoms with Gasteiger partial charge in [0.1, 0.15) is 0 Å². The Bertz CT molecular complexity index is 3240. The van der Waals surface area contributed by atoms with Gasteiger partial charge in [0.05, 0.1) is 5.69 Å². The molecular weight excluding hydrogens is 734 g/mol. The van der Waals surface area contributed by atoms with E-state index in [1.165, 1.54) is 111 Å². The summed E-state index contributed by atoms with van der Waals surface area (Å²) < 4.78 is 0. The van der Waals surface area contributed by atoms with Gasteiger partial charge in [-0.15, -0.1) is 0 Å². The second kappa shape index (κ2) is 12.9. The highest BCUT2D eigenvalue weighted by atomic mass is 15.2. The van der Waals surface area contributed by atoms with Gasteiger partial charge in [-0.25, -0.2) is 0 Å². The maximum Gasteiger partial charge on any atom is 0.252 e. The van der Waals surface area contributed by atoms with Gasteiger partial charge >= 0.3 is 0 Å². The third-order valence-electron chi connectivity index (χ3n) is 14.1. The zero-order chi connectivity index (χ0) is 40.4. The molecule has 4 heteroatoms. The fraction of sp³-hybridized carbons (Fsp3) is 0.0526. The van der Waals surface area contributed by atoms with Crippen LogP contribution in [0.15, 0.2) is 206 Å². The molecule has 61 heavy (non-hydrogen) atoms. The van der Waals surface area contributed by atoms with E-state index in [1.54, 1.807) is 0 Å². The first-order valence-corrected chi connectivity index (χ1v) is 21.6. The summed E-state index contributed by atoms with van der Waals surface area (Å²) in [6.45, 7) is 4.99. The number of benzene rings is 9. The second-order valence-electron chi connectivity index (χ2n) is 17.6. The Morgan fingerprint density at radius 1 is 0.328 bits per heavy atom. The van der Waals surface area contributed by atoms with Crippen molar-refractivity contribution in [3.05, 3.63) is 217 Å². The van der Waals surface area contributed by atoms with Crippen LogP contribution >= 0.6 is 0 Å². The van der Waals surface area contributed by atoms with E-state index in [-0.39, 0.29) is 18.8 Å². The third-order valence-corrected chi connectivity index (χ3v) is 14.1. The summed E-state index contributed by atoms with van der Waals surface area (Å²) in [7, 11) is 0. The van der Waals surface area contributed by atoms with E-state index in [0.29, 0.717) is 0 Å². The molecule has 4 aliphatic heterocycles. The minimum atomic E-state index is -0.261. The first-order valence-electron chi connectivity index (χ1n) is 21.6. The Balaban J connectivity index is 1.18. The van der Waals surface area contributed by atoms with E-state index in [0.717, 1.165) is 0 Å². The van der Waals surface area contributed by atoms with Crippen LogP contribution in [0.5, 0.6) is 0 Å². The van der Waals surface area contributed by atoms with Gasteiger partial charge in [0.15, 0.2) is 0 Å². The van der Waals surface area contributed by atoms with Crippen molar-refractivity contribution in [1.82, 2.24) is 0 Å². The molecule has 0 aliphatic carbocycles. The SMILES string of the molecule is CC1(C)c2ccccc2B2c3cc(-c4ccccc4)ccc3N3c4ccc(-c5ccccc5)cc4B4c5ccccc5N(c5ccccc5-c5ccccc5)c5cc1c2c3c54. The monoisotopic (exact) mass is 774 g/mol. The molecule has 2 nitrogen and oxygen atoms in total. The largest absolute Gasteiger partial charge is 0.312 e. The Kier molecular flexibility index (Phi) is 7.28. The summed E-state index contributed by atoms with van der Waals surface area (Å²) in [6.07, 6.45) is 0.